The lowest BCUT2D eigenvalue weighted by Gasteiger charge is -2.40. The Bertz CT molecular complexity index is 3140. The van der Waals surface area contributed by atoms with Crippen LogP contribution in [0, 0.1) is 11.8 Å². The smallest absolute Gasteiger partial charge is 0.408 e. The zero-order valence-electron chi connectivity index (χ0n) is 45.0. The number of ether oxygens (including phenoxy) is 1. The Morgan fingerprint density at radius 1 is 0.797 bits per heavy atom. The number of phenols is 2. The second kappa shape index (κ2) is 23.7. The van der Waals surface area contributed by atoms with E-state index >= 15 is 0 Å². The number of aryl methyl sites for hydroxylation is 1. The average molecular weight is 1100 g/mol. The predicted molar refractivity (Wildman–Crippen MR) is 302 cm³/mol. The summed E-state index contributed by atoms with van der Waals surface area (Å²) in [4.78, 5) is 47.6. The molecule has 3 fully saturated rings. The molecule has 2 amide bonds. The minimum atomic E-state index is -4.67. The van der Waals surface area contributed by atoms with Crippen LogP contribution in [-0.2, 0) is 13.0 Å². The third kappa shape index (κ3) is 12.2. The molecule has 4 aromatic carbocycles. The quantitative estimate of drug-likeness (QED) is 0.0579. The molecule has 4 aliphatic rings. The van der Waals surface area contributed by atoms with Gasteiger partial charge in [-0.15, -0.1) is 10.2 Å². The number of phenolic OH excluding ortho intramolecular Hbond substituents is 2. The number of nitrogens with one attached hydrogen (secondary N) is 2. The number of thiol groups is 1. The van der Waals surface area contributed by atoms with Gasteiger partial charge in [-0.3, -0.25) is 23.4 Å². The van der Waals surface area contributed by atoms with E-state index < -0.39 is 18.1 Å². The Hall–Kier alpha value is -7.14. The zero-order valence-corrected chi connectivity index (χ0v) is 45.8. The number of nitrogens with zero attached hydrogens (tertiary/aromatic N) is 11. The molecule has 6 heterocycles. The standard InChI is InChI=1S/C57H68F3N13O5S/c1-5-40-29-44(49(75)31-48(40)74)51-65-66-53(54(76)62-36(3)57(58,59)60)72(51)41-13-11-37(12-14-41)33-69-25-27-70(28-26-69)35-38-17-21-68(22-18-38)34-39-19-23-71(24-20-39)42-15-16-45(50(30-42)78-6-2)63-56-61-32-47-52(64-56)73(79)46-10-8-7-9-43(46)55(77)67(47)4/h7-16,29-32,36,38-39,74-75,79H,5-6,17-28,33-35H2,1-4H3,(H,62,76)(H,61,63,64). The highest BCUT2D eigenvalue weighted by molar-refractivity contribution is 7.82. The number of anilines is 6. The van der Waals surface area contributed by atoms with Crippen molar-refractivity contribution in [1.82, 2.24) is 44.7 Å². The van der Waals surface area contributed by atoms with Crippen molar-refractivity contribution in [2.24, 2.45) is 11.8 Å². The zero-order chi connectivity index (χ0) is 55.5. The number of hydrogen-bond acceptors (Lipinski definition) is 16. The Labute approximate surface area is 463 Å². The maximum Gasteiger partial charge on any atom is 0.408 e. The predicted octanol–water partition coefficient (Wildman–Crippen LogP) is 8.84. The van der Waals surface area contributed by atoms with Gasteiger partial charge in [0.25, 0.3) is 11.8 Å². The van der Waals surface area contributed by atoms with E-state index in [0.717, 1.165) is 102 Å². The van der Waals surface area contributed by atoms with Crippen molar-refractivity contribution in [3.8, 4) is 34.3 Å². The molecule has 0 saturated carbocycles. The molecule has 10 rings (SSSR count). The van der Waals surface area contributed by atoms with E-state index in [2.05, 4.69) is 52.2 Å². The number of benzene rings is 4. The third-order valence-corrected chi connectivity index (χ3v) is 16.2. The number of piperidine rings is 2. The van der Waals surface area contributed by atoms with Gasteiger partial charge < -0.3 is 45.2 Å². The van der Waals surface area contributed by atoms with Crippen LogP contribution in [0.5, 0.6) is 17.2 Å². The number of amides is 2. The van der Waals surface area contributed by atoms with Gasteiger partial charge in [0.1, 0.15) is 29.0 Å². The largest absolute Gasteiger partial charge is 0.508 e. The Morgan fingerprint density at radius 2 is 1.46 bits per heavy atom. The van der Waals surface area contributed by atoms with Crippen LogP contribution in [0.2, 0.25) is 0 Å². The summed E-state index contributed by atoms with van der Waals surface area (Å²) in [6.07, 6.45) is 2.05. The molecule has 0 aliphatic carbocycles. The van der Waals surface area contributed by atoms with Gasteiger partial charge in [-0.05, 0) is 124 Å². The SMILES string of the molecule is CCOc1cc(N2CCC(CN3CCC(CN4CCN(Cc5ccc(-n6c(C(=O)NC(C)C(F)(F)F)nnc6-c6cc(CC)c(O)cc6O)cc5)CC4)CC3)CC2)ccc1Nc1ncc2c(n1)N(S)c1ccccc1C(=O)N2C. The number of carbonyl (C=O) groups excluding carboxylic acids is 2. The van der Waals surface area contributed by atoms with E-state index in [4.69, 9.17) is 22.5 Å². The van der Waals surface area contributed by atoms with Crippen molar-refractivity contribution in [3.63, 3.8) is 0 Å². The first-order valence-corrected chi connectivity index (χ1v) is 27.6. The lowest BCUT2D eigenvalue weighted by Crippen LogP contribution is -2.48. The summed E-state index contributed by atoms with van der Waals surface area (Å²) < 4.78 is 49.5. The summed E-state index contributed by atoms with van der Waals surface area (Å²) in [5.74, 6) is 0.874. The van der Waals surface area contributed by atoms with Crippen molar-refractivity contribution < 1.29 is 37.7 Å². The fourth-order valence-corrected chi connectivity index (χ4v) is 11.5. The first-order valence-electron chi connectivity index (χ1n) is 27.2. The number of alkyl halides is 3. The molecule has 79 heavy (non-hydrogen) atoms. The molecule has 2 aromatic heterocycles. The van der Waals surface area contributed by atoms with Crippen LogP contribution >= 0.6 is 12.8 Å². The van der Waals surface area contributed by atoms with Crippen molar-refractivity contribution in [2.75, 3.05) is 98.5 Å². The Kier molecular flexibility index (Phi) is 16.5. The van der Waals surface area contributed by atoms with Gasteiger partial charge in [-0.1, -0.05) is 44.0 Å². The van der Waals surface area contributed by atoms with E-state index in [1.165, 1.54) is 29.5 Å². The second-order valence-corrected chi connectivity index (χ2v) is 21.4. The highest BCUT2D eigenvalue weighted by Gasteiger charge is 2.39. The first-order chi connectivity index (χ1) is 38.0. The number of fused-ring (bicyclic) bond motifs is 2. The molecule has 418 valence electrons. The number of rotatable bonds is 16. The van der Waals surface area contributed by atoms with Gasteiger partial charge in [0.2, 0.25) is 11.8 Å². The number of aromatic nitrogens is 5. The third-order valence-electron chi connectivity index (χ3n) is 15.8. The van der Waals surface area contributed by atoms with Crippen LogP contribution in [0.1, 0.15) is 78.6 Å². The van der Waals surface area contributed by atoms with Crippen molar-refractivity contribution in [1.29, 1.82) is 0 Å². The van der Waals surface area contributed by atoms with Gasteiger partial charge in [-0.2, -0.15) is 18.2 Å². The molecule has 0 radical (unpaired) electrons. The summed E-state index contributed by atoms with van der Waals surface area (Å²) in [6, 6.07) is 21.5. The highest BCUT2D eigenvalue weighted by Crippen LogP contribution is 2.42. The maximum atomic E-state index is 13.5. The van der Waals surface area contributed by atoms with Crippen LogP contribution in [-0.4, -0.2) is 153 Å². The van der Waals surface area contributed by atoms with Gasteiger partial charge in [0.05, 0.1) is 35.3 Å². The number of hydrogen-bond donors (Lipinski definition) is 5. The van der Waals surface area contributed by atoms with E-state index in [1.807, 2.05) is 55.6 Å². The molecule has 0 bridgehead atoms. The monoisotopic (exact) mass is 1100 g/mol. The average Bonchev–Trinajstić information content (AvgIpc) is 4.06. The van der Waals surface area contributed by atoms with Crippen LogP contribution in [0.3, 0.4) is 0 Å². The van der Waals surface area contributed by atoms with Crippen molar-refractivity contribution in [2.45, 2.75) is 71.6 Å². The minimum Gasteiger partial charge on any atom is -0.508 e. The van der Waals surface area contributed by atoms with Crippen LogP contribution < -0.4 is 29.5 Å². The summed E-state index contributed by atoms with van der Waals surface area (Å²) >= 11 is 4.76. The molecule has 6 aromatic rings. The second-order valence-electron chi connectivity index (χ2n) is 21.0. The van der Waals surface area contributed by atoms with E-state index in [0.29, 0.717) is 77.1 Å². The summed E-state index contributed by atoms with van der Waals surface area (Å²) in [5, 5.41) is 34.7. The molecule has 1 unspecified atom stereocenters. The lowest BCUT2D eigenvalue weighted by atomic mass is 9.92. The van der Waals surface area contributed by atoms with Gasteiger partial charge >= 0.3 is 6.18 Å². The van der Waals surface area contributed by atoms with Crippen LogP contribution in [0.15, 0.2) is 85.1 Å². The molecule has 22 heteroatoms. The van der Waals surface area contributed by atoms with Crippen LogP contribution in [0.4, 0.5) is 47.7 Å². The molecule has 18 nitrogen and oxygen atoms in total. The van der Waals surface area contributed by atoms with Crippen molar-refractivity contribution in [3.05, 3.63) is 108 Å². The normalized spacial score (nSPS) is 17.6. The van der Waals surface area contributed by atoms with E-state index in [-0.39, 0.29) is 34.6 Å². The molecule has 3 saturated heterocycles. The molecular weight excluding hydrogens is 1040 g/mol. The number of piperazine rings is 1. The Morgan fingerprint density at radius 3 is 2.14 bits per heavy atom. The molecule has 4 aliphatic heterocycles. The number of carbonyl (C=O) groups is 2. The van der Waals surface area contributed by atoms with E-state index in [1.54, 1.807) is 40.6 Å². The number of likely N-dealkylation sites (tertiary alicyclic amines) is 1. The topological polar surface area (TPSA) is 184 Å². The van der Waals surface area contributed by atoms with Crippen molar-refractivity contribution >= 4 is 59.1 Å². The molecular formula is C57H68F3N13O5S. The Balaban J connectivity index is 0.678. The summed E-state index contributed by atoms with van der Waals surface area (Å²) in [5.41, 5.74) is 5.72. The lowest BCUT2D eigenvalue weighted by molar-refractivity contribution is -0.149. The first kappa shape index (κ1) is 55.2. The van der Waals surface area contributed by atoms with Gasteiger partial charge in [0.15, 0.2) is 11.6 Å². The maximum absolute atomic E-state index is 13.5. The van der Waals surface area contributed by atoms with Crippen LogP contribution in [0.25, 0.3) is 17.1 Å². The number of aromatic hydroxyl groups is 2. The highest BCUT2D eigenvalue weighted by atomic mass is 32.1. The molecule has 4 N–H and O–H groups in total. The number of para-hydroxylation sites is 1. The molecule has 1 atom stereocenters. The summed E-state index contributed by atoms with van der Waals surface area (Å²) in [7, 11) is 1.71. The van der Waals surface area contributed by atoms with E-state index in [9.17, 15) is 33.0 Å². The fourth-order valence-electron chi connectivity index (χ4n) is 11.1. The molecule has 0 spiro atoms. The minimum absolute atomic E-state index is 0.0410. The van der Waals surface area contributed by atoms with Gasteiger partial charge in [-0.25, -0.2) is 4.98 Å². The summed E-state index contributed by atoms with van der Waals surface area (Å²) in [6.45, 7) is 16.1. The fraction of sp³-hybridized carbons (Fsp3) is 0.439. The van der Waals surface area contributed by atoms with Gasteiger partial charge in [0, 0.05) is 89.5 Å². The number of halogens is 3.